The zero-order valence-electron chi connectivity index (χ0n) is 12.1. The van der Waals surface area contributed by atoms with Gasteiger partial charge >= 0.3 is 0 Å². The lowest BCUT2D eigenvalue weighted by molar-refractivity contribution is 0.914. The van der Waals surface area contributed by atoms with Crippen molar-refractivity contribution in [3.63, 3.8) is 0 Å². The van der Waals surface area contributed by atoms with Crippen LogP contribution in [0.25, 0.3) is 0 Å². The smallest absolute Gasteiger partial charge is 0.0992 e. The van der Waals surface area contributed by atoms with Gasteiger partial charge in [-0.25, -0.2) is 0 Å². The summed E-state index contributed by atoms with van der Waals surface area (Å²) in [5, 5.41) is 8.87. The van der Waals surface area contributed by atoms with Gasteiger partial charge in [0.2, 0.25) is 0 Å². The van der Waals surface area contributed by atoms with Gasteiger partial charge in [-0.15, -0.1) is 0 Å². The van der Waals surface area contributed by atoms with E-state index in [0.29, 0.717) is 11.3 Å². The number of anilines is 2. The van der Waals surface area contributed by atoms with Crippen LogP contribution in [0, 0.1) is 25.2 Å². The van der Waals surface area contributed by atoms with Gasteiger partial charge in [0.1, 0.15) is 0 Å². The first-order valence-corrected chi connectivity index (χ1v) is 6.58. The molecule has 0 atom stereocenters. The molecular weight excluding hydrogens is 246 g/mol. The molecule has 3 nitrogen and oxygen atoms in total. The molecule has 0 radical (unpaired) electrons. The van der Waals surface area contributed by atoms with E-state index in [-0.39, 0.29) is 0 Å². The highest BCUT2D eigenvalue weighted by atomic mass is 15.1. The van der Waals surface area contributed by atoms with Crippen molar-refractivity contribution in [2.45, 2.75) is 20.4 Å². The highest BCUT2D eigenvalue weighted by Gasteiger charge is 2.08. The summed E-state index contributed by atoms with van der Waals surface area (Å²) < 4.78 is 0. The van der Waals surface area contributed by atoms with Crippen molar-refractivity contribution in [3.8, 4) is 6.07 Å². The van der Waals surface area contributed by atoms with Crippen molar-refractivity contribution in [2.24, 2.45) is 0 Å². The summed E-state index contributed by atoms with van der Waals surface area (Å²) in [6.07, 6.45) is 0. The zero-order valence-corrected chi connectivity index (χ0v) is 12.1. The van der Waals surface area contributed by atoms with Crippen molar-refractivity contribution >= 4 is 11.4 Å². The van der Waals surface area contributed by atoms with Crippen LogP contribution < -0.4 is 10.6 Å². The Morgan fingerprint density at radius 1 is 1.15 bits per heavy atom. The monoisotopic (exact) mass is 265 g/mol. The molecule has 0 aromatic heterocycles. The predicted molar refractivity (Wildman–Crippen MR) is 83.6 cm³/mol. The van der Waals surface area contributed by atoms with Crippen molar-refractivity contribution < 1.29 is 0 Å². The van der Waals surface area contributed by atoms with E-state index in [1.165, 1.54) is 16.7 Å². The lowest BCUT2D eigenvalue weighted by atomic mass is 10.0. The molecule has 2 N–H and O–H groups in total. The van der Waals surface area contributed by atoms with Crippen LogP contribution in [-0.2, 0) is 6.54 Å². The Bertz CT molecular complexity index is 668. The highest BCUT2D eigenvalue weighted by molar-refractivity contribution is 5.69. The lowest BCUT2D eigenvalue weighted by Crippen LogP contribution is -2.18. The van der Waals surface area contributed by atoms with E-state index < -0.39 is 0 Å². The second kappa shape index (κ2) is 5.66. The number of aryl methyl sites for hydroxylation is 2. The standard InChI is InChI=1S/C17H19N3/c1-12-4-5-13(2)15(8-12)11-20(3)17-7-6-14(10-18)9-16(17)19/h4-9H,11,19H2,1-3H3. The average molecular weight is 265 g/mol. The van der Waals surface area contributed by atoms with E-state index in [0.717, 1.165) is 12.2 Å². The van der Waals surface area contributed by atoms with Crippen LogP contribution >= 0.6 is 0 Å². The minimum absolute atomic E-state index is 0.589. The molecule has 3 heteroatoms. The van der Waals surface area contributed by atoms with Crippen LogP contribution in [0.1, 0.15) is 22.3 Å². The Balaban J connectivity index is 2.26. The molecular formula is C17H19N3. The second-order valence-electron chi connectivity index (χ2n) is 5.17. The van der Waals surface area contributed by atoms with Gasteiger partial charge in [0.25, 0.3) is 0 Å². The molecule has 0 saturated carbocycles. The molecule has 0 fully saturated rings. The molecule has 0 unspecified atom stereocenters. The molecule has 0 bridgehead atoms. The van der Waals surface area contributed by atoms with Gasteiger partial charge in [0.15, 0.2) is 0 Å². The average Bonchev–Trinajstić information content (AvgIpc) is 2.42. The van der Waals surface area contributed by atoms with Crippen LogP contribution in [0.2, 0.25) is 0 Å². The first kappa shape index (κ1) is 14.0. The van der Waals surface area contributed by atoms with Crippen molar-refractivity contribution in [1.29, 1.82) is 5.26 Å². The minimum Gasteiger partial charge on any atom is -0.397 e. The van der Waals surface area contributed by atoms with E-state index >= 15 is 0 Å². The number of benzene rings is 2. The number of rotatable bonds is 3. The Morgan fingerprint density at radius 3 is 2.55 bits per heavy atom. The van der Waals surface area contributed by atoms with Crippen LogP contribution in [0.15, 0.2) is 36.4 Å². The maximum Gasteiger partial charge on any atom is 0.0992 e. The number of hydrogen-bond acceptors (Lipinski definition) is 3. The molecule has 0 spiro atoms. The predicted octanol–water partition coefficient (Wildman–Crippen LogP) is 3.39. The summed E-state index contributed by atoms with van der Waals surface area (Å²) in [4.78, 5) is 2.11. The Morgan fingerprint density at radius 2 is 1.90 bits per heavy atom. The molecule has 2 aromatic rings. The molecule has 0 aliphatic carbocycles. The Hall–Kier alpha value is -2.47. The van der Waals surface area contributed by atoms with E-state index in [9.17, 15) is 0 Å². The van der Waals surface area contributed by atoms with Crippen molar-refractivity contribution in [3.05, 3.63) is 58.7 Å². The lowest BCUT2D eigenvalue weighted by Gasteiger charge is -2.22. The van der Waals surface area contributed by atoms with Crippen molar-refractivity contribution in [2.75, 3.05) is 17.7 Å². The molecule has 0 saturated heterocycles. The second-order valence-corrected chi connectivity index (χ2v) is 5.17. The molecule has 0 aliphatic rings. The van der Waals surface area contributed by atoms with Gasteiger partial charge < -0.3 is 10.6 Å². The maximum absolute atomic E-state index is 8.87. The summed E-state index contributed by atoms with van der Waals surface area (Å²) in [7, 11) is 2.01. The fourth-order valence-corrected chi connectivity index (χ4v) is 2.28. The number of nitriles is 1. The summed E-state index contributed by atoms with van der Waals surface area (Å²) >= 11 is 0. The molecule has 2 aromatic carbocycles. The van der Waals surface area contributed by atoms with E-state index in [1.54, 1.807) is 12.1 Å². The van der Waals surface area contributed by atoms with Gasteiger partial charge in [-0.2, -0.15) is 5.26 Å². The first-order valence-electron chi connectivity index (χ1n) is 6.58. The molecule has 0 heterocycles. The topological polar surface area (TPSA) is 53.0 Å². The Kier molecular flexibility index (Phi) is 3.95. The number of nitrogens with zero attached hydrogens (tertiary/aromatic N) is 2. The maximum atomic E-state index is 8.87. The van der Waals surface area contributed by atoms with Gasteiger partial charge in [0, 0.05) is 13.6 Å². The van der Waals surface area contributed by atoms with Crippen LogP contribution in [0.4, 0.5) is 11.4 Å². The minimum atomic E-state index is 0.589. The van der Waals surface area contributed by atoms with E-state index in [2.05, 4.69) is 43.0 Å². The van der Waals surface area contributed by atoms with Crippen LogP contribution in [0.5, 0.6) is 0 Å². The molecule has 0 amide bonds. The Labute approximate surface area is 120 Å². The van der Waals surface area contributed by atoms with Gasteiger partial charge in [-0.05, 0) is 43.2 Å². The summed E-state index contributed by atoms with van der Waals surface area (Å²) in [6, 6.07) is 14.0. The number of nitrogen functional groups attached to an aromatic ring is 1. The number of nitrogens with two attached hydrogens (primary N) is 1. The summed E-state index contributed by atoms with van der Waals surface area (Å²) in [5.74, 6) is 0. The van der Waals surface area contributed by atoms with Gasteiger partial charge in [-0.3, -0.25) is 0 Å². The zero-order chi connectivity index (χ0) is 14.7. The molecule has 102 valence electrons. The molecule has 20 heavy (non-hydrogen) atoms. The first-order chi connectivity index (χ1) is 9.51. The quantitative estimate of drug-likeness (QED) is 0.865. The van der Waals surface area contributed by atoms with Crippen molar-refractivity contribution in [1.82, 2.24) is 0 Å². The third kappa shape index (κ3) is 2.92. The summed E-state index contributed by atoms with van der Waals surface area (Å²) in [6.45, 7) is 5.01. The fraction of sp³-hybridized carbons (Fsp3) is 0.235. The third-order valence-corrected chi connectivity index (χ3v) is 3.48. The summed E-state index contributed by atoms with van der Waals surface area (Å²) in [5.41, 5.74) is 12.0. The van der Waals surface area contributed by atoms with E-state index in [4.69, 9.17) is 11.0 Å². The van der Waals surface area contributed by atoms with E-state index in [1.807, 2.05) is 13.1 Å². The van der Waals surface area contributed by atoms with Crippen LogP contribution in [-0.4, -0.2) is 7.05 Å². The molecule has 2 rings (SSSR count). The highest BCUT2D eigenvalue weighted by Crippen LogP contribution is 2.25. The largest absolute Gasteiger partial charge is 0.397 e. The number of hydrogen-bond donors (Lipinski definition) is 1. The SMILES string of the molecule is Cc1ccc(C)c(CN(C)c2ccc(C#N)cc2N)c1. The van der Waals surface area contributed by atoms with Crippen LogP contribution in [0.3, 0.4) is 0 Å². The molecule has 0 aliphatic heterocycles. The fourth-order valence-electron chi connectivity index (χ4n) is 2.28. The van der Waals surface area contributed by atoms with Gasteiger partial charge in [-0.1, -0.05) is 23.8 Å². The van der Waals surface area contributed by atoms with Gasteiger partial charge in [0.05, 0.1) is 23.0 Å². The normalized spacial score (nSPS) is 10.1. The third-order valence-electron chi connectivity index (χ3n) is 3.48.